The molecular weight excluding hydrogens is 769 g/mol. The largest absolute Gasteiger partial charge is 0.462 e. The molecule has 0 amide bonds. The van der Waals surface area contributed by atoms with E-state index in [1.165, 1.54) is 212 Å². The Hall–Kier alpha value is -1.85. The molecule has 6 heteroatoms. The van der Waals surface area contributed by atoms with E-state index in [2.05, 4.69) is 32.9 Å². The maximum Gasteiger partial charge on any atom is 0.306 e. The number of allylic oxidation sites excluding steroid dienone is 2. The zero-order valence-electron chi connectivity index (χ0n) is 41.9. The number of rotatable bonds is 51. The average Bonchev–Trinajstić information content (AvgIpc) is 3.27. The van der Waals surface area contributed by atoms with Crippen LogP contribution in [0.25, 0.3) is 0 Å². The highest BCUT2D eigenvalue weighted by molar-refractivity contribution is 5.71. The number of esters is 3. The third-order valence-electron chi connectivity index (χ3n) is 12.5. The van der Waals surface area contributed by atoms with Crippen LogP contribution in [0, 0.1) is 0 Å². The van der Waals surface area contributed by atoms with Crippen LogP contribution in [0.4, 0.5) is 0 Å². The van der Waals surface area contributed by atoms with Gasteiger partial charge in [0.25, 0.3) is 0 Å². The lowest BCUT2D eigenvalue weighted by Gasteiger charge is -2.18. The summed E-state index contributed by atoms with van der Waals surface area (Å²) in [5.41, 5.74) is 0. The van der Waals surface area contributed by atoms with Crippen LogP contribution in [-0.2, 0) is 28.6 Å². The van der Waals surface area contributed by atoms with Crippen molar-refractivity contribution in [3.05, 3.63) is 12.2 Å². The fourth-order valence-corrected chi connectivity index (χ4v) is 8.32. The van der Waals surface area contributed by atoms with E-state index in [1.807, 2.05) is 0 Å². The van der Waals surface area contributed by atoms with Gasteiger partial charge < -0.3 is 14.2 Å². The Morgan fingerprint density at radius 1 is 0.306 bits per heavy atom. The summed E-state index contributed by atoms with van der Waals surface area (Å²) in [6.45, 7) is 6.67. The Kier molecular flexibility index (Phi) is 50.2. The smallest absolute Gasteiger partial charge is 0.306 e. The second-order valence-corrected chi connectivity index (χ2v) is 18.9. The first kappa shape index (κ1) is 60.2. The van der Waals surface area contributed by atoms with E-state index in [0.717, 1.165) is 57.8 Å². The molecule has 0 aliphatic carbocycles. The van der Waals surface area contributed by atoms with Crippen LogP contribution in [0.1, 0.15) is 310 Å². The second kappa shape index (κ2) is 51.8. The average molecular weight is 875 g/mol. The standard InChI is InChI=1S/C56H106O6/c1-4-7-10-13-16-19-22-24-26-27-28-29-30-32-34-37-40-43-46-49-55(58)61-52-53(51-60-54(57)48-45-42-39-36-33-21-18-15-12-9-6-3)62-56(59)50-47-44-41-38-35-31-25-23-20-17-14-11-8-5-2/h27-28,53H,4-26,29-52H2,1-3H3/b28-27-. The van der Waals surface area contributed by atoms with Crippen molar-refractivity contribution in [1.82, 2.24) is 0 Å². The number of unbranched alkanes of at least 4 members (excludes halogenated alkanes) is 38. The van der Waals surface area contributed by atoms with Crippen LogP contribution >= 0.6 is 0 Å². The molecule has 0 aromatic rings. The Balaban J connectivity index is 4.28. The van der Waals surface area contributed by atoms with Crippen LogP contribution in [0.2, 0.25) is 0 Å². The monoisotopic (exact) mass is 875 g/mol. The predicted molar refractivity (Wildman–Crippen MR) is 266 cm³/mol. The van der Waals surface area contributed by atoms with Crippen molar-refractivity contribution in [2.45, 2.75) is 316 Å². The van der Waals surface area contributed by atoms with Gasteiger partial charge in [-0.25, -0.2) is 0 Å². The SMILES string of the molecule is CCCCCCCCCC/C=C\CCCCCCCCCC(=O)OCC(COC(=O)CCCCCCCCCCCCC)OC(=O)CCCCCCCCCCCCCCCC. The Morgan fingerprint density at radius 3 is 0.806 bits per heavy atom. The molecule has 62 heavy (non-hydrogen) atoms. The van der Waals surface area contributed by atoms with Gasteiger partial charge in [-0.3, -0.25) is 14.4 Å². The third kappa shape index (κ3) is 49.2. The lowest BCUT2D eigenvalue weighted by atomic mass is 10.0. The number of ether oxygens (including phenoxy) is 3. The molecule has 0 rings (SSSR count). The molecule has 0 saturated carbocycles. The van der Waals surface area contributed by atoms with Gasteiger partial charge in [-0.15, -0.1) is 0 Å². The first-order valence-electron chi connectivity index (χ1n) is 27.7. The minimum Gasteiger partial charge on any atom is -0.462 e. The van der Waals surface area contributed by atoms with Crippen LogP contribution in [0.3, 0.4) is 0 Å². The predicted octanol–water partition coefficient (Wildman–Crippen LogP) is 18.2. The fourth-order valence-electron chi connectivity index (χ4n) is 8.32. The highest BCUT2D eigenvalue weighted by atomic mass is 16.6. The zero-order chi connectivity index (χ0) is 45.1. The van der Waals surface area contributed by atoms with Crippen molar-refractivity contribution in [3.8, 4) is 0 Å². The van der Waals surface area contributed by atoms with E-state index >= 15 is 0 Å². The number of hydrogen-bond acceptors (Lipinski definition) is 6. The van der Waals surface area contributed by atoms with Crippen molar-refractivity contribution in [2.24, 2.45) is 0 Å². The van der Waals surface area contributed by atoms with Gasteiger partial charge >= 0.3 is 17.9 Å². The van der Waals surface area contributed by atoms with Crippen LogP contribution < -0.4 is 0 Å². The molecule has 0 aliphatic heterocycles. The maximum atomic E-state index is 12.8. The van der Waals surface area contributed by atoms with Gasteiger partial charge in [0.05, 0.1) is 0 Å². The van der Waals surface area contributed by atoms with Gasteiger partial charge in [-0.1, -0.05) is 258 Å². The maximum absolute atomic E-state index is 12.8. The molecule has 366 valence electrons. The molecule has 0 aromatic carbocycles. The van der Waals surface area contributed by atoms with Crippen LogP contribution in [-0.4, -0.2) is 37.2 Å². The molecular formula is C56H106O6. The van der Waals surface area contributed by atoms with E-state index in [1.54, 1.807) is 0 Å². The molecule has 0 saturated heterocycles. The van der Waals surface area contributed by atoms with Crippen LogP contribution in [0.15, 0.2) is 12.2 Å². The highest BCUT2D eigenvalue weighted by Gasteiger charge is 2.19. The Morgan fingerprint density at radius 2 is 0.532 bits per heavy atom. The summed E-state index contributed by atoms with van der Waals surface area (Å²) in [6.07, 6.45) is 57.7. The molecule has 0 bridgehead atoms. The number of carbonyl (C=O) groups is 3. The quantitative estimate of drug-likeness (QED) is 0.0262. The van der Waals surface area contributed by atoms with Gasteiger partial charge in [0.15, 0.2) is 6.10 Å². The summed E-state index contributed by atoms with van der Waals surface area (Å²) in [5.74, 6) is -0.851. The summed E-state index contributed by atoms with van der Waals surface area (Å²) in [6, 6.07) is 0. The van der Waals surface area contributed by atoms with E-state index < -0.39 is 6.10 Å². The summed E-state index contributed by atoms with van der Waals surface area (Å²) in [4.78, 5) is 38.0. The minimum absolute atomic E-state index is 0.0658. The molecule has 0 N–H and O–H groups in total. The van der Waals surface area contributed by atoms with E-state index in [9.17, 15) is 14.4 Å². The summed E-state index contributed by atoms with van der Waals surface area (Å²) < 4.78 is 16.8. The third-order valence-corrected chi connectivity index (χ3v) is 12.5. The van der Waals surface area contributed by atoms with E-state index in [4.69, 9.17) is 14.2 Å². The minimum atomic E-state index is -0.765. The van der Waals surface area contributed by atoms with Crippen molar-refractivity contribution in [2.75, 3.05) is 13.2 Å². The van der Waals surface area contributed by atoms with Gasteiger partial charge in [0, 0.05) is 19.3 Å². The van der Waals surface area contributed by atoms with Gasteiger partial charge in [-0.05, 0) is 44.9 Å². The highest BCUT2D eigenvalue weighted by Crippen LogP contribution is 2.16. The number of hydrogen-bond donors (Lipinski definition) is 0. The second-order valence-electron chi connectivity index (χ2n) is 18.9. The molecule has 0 heterocycles. The molecule has 0 fully saturated rings. The summed E-state index contributed by atoms with van der Waals surface area (Å²) >= 11 is 0. The van der Waals surface area contributed by atoms with Gasteiger partial charge in [-0.2, -0.15) is 0 Å². The lowest BCUT2D eigenvalue weighted by molar-refractivity contribution is -0.167. The van der Waals surface area contributed by atoms with Crippen molar-refractivity contribution < 1.29 is 28.6 Å². The van der Waals surface area contributed by atoms with E-state index in [0.29, 0.717) is 19.3 Å². The first-order valence-corrected chi connectivity index (χ1v) is 27.7. The van der Waals surface area contributed by atoms with Gasteiger partial charge in [0.2, 0.25) is 0 Å². The Labute approximate surface area is 386 Å². The normalized spacial score (nSPS) is 12.0. The van der Waals surface area contributed by atoms with Crippen molar-refractivity contribution in [3.63, 3.8) is 0 Å². The number of carbonyl (C=O) groups excluding carboxylic acids is 3. The first-order chi connectivity index (χ1) is 30.5. The molecule has 0 spiro atoms. The fraction of sp³-hybridized carbons (Fsp3) is 0.911. The molecule has 0 radical (unpaired) electrons. The van der Waals surface area contributed by atoms with Gasteiger partial charge in [0.1, 0.15) is 13.2 Å². The summed E-state index contributed by atoms with van der Waals surface area (Å²) in [7, 11) is 0. The molecule has 1 atom stereocenters. The molecule has 1 unspecified atom stereocenters. The molecule has 0 aliphatic rings. The van der Waals surface area contributed by atoms with Crippen molar-refractivity contribution in [1.29, 1.82) is 0 Å². The summed E-state index contributed by atoms with van der Waals surface area (Å²) in [5, 5.41) is 0. The van der Waals surface area contributed by atoms with E-state index in [-0.39, 0.29) is 31.1 Å². The topological polar surface area (TPSA) is 78.9 Å². The van der Waals surface area contributed by atoms with Crippen LogP contribution in [0.5, 0.6) is 0 Å². The zero-order valence-corrected chi connectivity index (χ0v) is 41.9. The van der Waals surface area contributed by atoms with Crippen molar-refractivity contribution >= 4 is 17.9 Å². The molecule has 6 nitrogen and oxygen atoms in total. The molecule has 0 aromatic heterocycles. The Bertz CT molecular complexity index is 962. The lowest BCUT2D eigenvalue weighted by Crippen LogP contribution is -2.30.